The van der Waals surface area contributed by atoms with Gasteiger partial charge in [0, 0.05) is 18.0 Å². The molecule has 1 aromatic carbocycles. The third-order valence-electron chi connectivity index (χ3n) is 4.34. The number of fused-ring (bicyclic) bond motifs is 1. The highest BCUT2D eigenvalue weighted by Gasteiger charge is 2.32. The molecule has 25 heavy (non-hydrogen) atoms. The van der Waals surface area contributed by atoms with E-state index in [-0.39, 0.29) is 6.04 Å². The maximum absolute atomic E-state index is 5.65. The first-order valence-electron chi connectivity index (χ1n) is 8.13. The van der Waals surface area contributed by atoms with E-state index in [1.807, 2.05) is 6.08 Å². The predicted molar refractivity (Wildman–Crippen MR) is 107 cm³/mol. The predicted octanol–water partition coefficient (Wildman–Crippen LogP) is 3.77. The van der Waals surface area contributed by atoms with Gasteiger partial charge in [-0.25, -0.2) is 0 Å². The van der Waals surface area contributed by atoms with Crippen LogP contribution in [0.1, 0.15) is 22.0 Å². The van der Waals surface area contributed by atoms with Crippen molar-refractivity contribution in [1.29, 1.82) is 0 Å². The first-order valence-corrected chi connectivity index (χ1v) is 9.42. The molecule has 0 saturated heterocycles. The normalized spacial score (nSPS) is 16.1. The highest BCUT2D eigenvalue weighted by Crippen LogP contribution is 2.42. The van der Waals surface area contributed by atoms with Crippen molar-refractivity contribution in [3.8, 4) is 11.5 Å². The fourth-order valence-corrected chi connectivity index (χ4v) is 4.31. The zero-order valence-electron chi connectivity index (χ0n) is 14.5. The zero-order valence-corrected chi connectivity index (χ0v) is 16.1. The van der Waals surface area contributed by atoms with Gasteiger partial charge in [0.05, 0.1) is 20.3 Å². The number of thiophene rings is 1. The summed E-state index contributed by atoms with van der Waals surface area (Å²) in [6, 6.07) is 8.48. The van der Waals surface area contributed by atoms with Crippen LogP contribution in [0, 0.1) is 0 Å². The quantitative estimate of drug-likeness (QED) is 0.636. The number of methoxy groups -OCH3 is 2. The molecule has 3 rings (SSSR count). The number of benzene rings is 1. The number of hydrogen-bond donors (Lipinski definition) is 1. The standard InChI is InChI=1S/C19H22N2O2S2/c1-4-8-20-19(24)21-9-7-13-11-15(22-2)16(23-3)12-14(13)18(21)17-6-5-10-25-17/h4-6,10-12,18H,1,7-9H2,2-3H3,(H,20,24)/t18-/m1/s1. The molecule has 0 spiro atoms. The van der Waals surface area contributed by atoms with Gasteiger partial charge in [-0.1, -0.05) is 12.1 Å². The first kappa shape index (κ1) is 17.8. The van der Waals surface area contributed by atoms with Crippen LogP contribution in [0.25, 0.3) is 0 Å². The fraction of sp³-hybridized carbons (Fsp3) is 0.316. The Morgan fingerprint density at radius 3 is 2.80 bits per heavy atom. The van der Waals surface area contributed by atoms with E-state index in [0.29, 0.717) is 6.54 Å². The second-order valence-corrected chi connectivity index (χ2v) is 7.11. The van der Waals surface area contributed by atoms with Crippen LogP contribution >= 0.6 is 23.6 Å². The van der Waals surface area contributed by atoms with Gasteiger partial charge in [0.25, 0.3) is 0 Å². The molecule has 1 aromatic heterocycles. The van der Waals surface area contributed by atoms with Crippen LogP contribution in [0.4, 0.5) is 0 Å². The Balaban J connectivity index is 2.06. The lowest BCUT2D eigenvalue weighted by molar-refractivity contribution is 0.327. The van der Waals surface area contributed by atoms with Gasteiger partial charge in [0.15, 0.2) is 16.6 Å². The second kappa shape index (κ2) is 7.89. The minimum Gasteiger partial charge on any atom is -0.493 e. The first-order chi connectivity index (χ1) is 12.2. The maximum Gasteiger partial charge on any atom is 0.170 e. The van der Waals surface area contributed by atoms with Crippen molar-refractivity contribution < 1.29 is 9.47 Å². The Hall–Kier alpha value is -2.05. The van der Waals surface area contributed by atoms with Crippen LogP contribution in [-0.4, -0.2) is 37.3 Å². The van der Waals surface area contributed by atoms with E-state index < -0.39 is 0 Å². The zero-order chi connectivity index (χ0) is 17.8. The van der Waals surface area contributed by atoms with E-state index in [4.69, 9.17) is 21.7 Å². The van der Waals surface area contributed by atoms with Crippen LogP contribution < -0.4 is 14.8 Å². The molecule has 0 saturated carbocycles. The molecule has 2 aromatic rings. The monoisotopic (exact) mass is 374 g/mol. The SMILES string of the molecule is C=CCNC(=S)N1CCc2cc(OC)c(OC)cc2[C@@H]1c1cccs1. The van der Waals surface area contributed by atoms with Gasteiger partial charge in [-0.05, 0) is 53.3 Å². The minimum atomic E-state index is 0.0772. The van der Waals surface area contributed by atoms with Crippen LogP contribution in [0.2, 0.25) is 0 Å². The van der Waals surface area contributed by atoms with Crippen molar-refractivity contribution in [2.24, 2.45) is 0 Å². The second-order valence-electron chi connectivity index (χ2n) is 5.74. The van der Waals surface area contributed by atoms with Gasteiger partial charge in [-0.15, -0.1) is 17.9 Å². The number of hydrogen-bond acceptors (Lipinski definition) is 4. The summed E-state index contributed by atoms with van der Waals surface area (Å²) >= 11 is 7.39. The van der Waals surface area contributed by atoms with Gasteiger partial charge in [0.2, 0.25) is 0 Å². The molecule has 1 atom stereocenters. The van der Waals surface area contributed by atoms with Gasteiger partial charge < -0.3 is 19.7 Å². The Bertz CT molecular complexity index is 759. The van der Waals surface area contributed by atoms with Crippen molar-refractivity contribution in [1.82, 2.24) is 10.2 Å². The molecule has 0 unspecified atom stereocenters. The molecule has 1 N–H and O–H groups in total. The average molecular weight is 375 g/mol. The van der Waals surface area contributed by atoms with Crippen molar-refractivity contribution in [3.05, 3.63) is 58.3 Å². The lowest BCUT2D eigenvalue weighted by Crippen LogP contribution is -2.45. The van der Waals surface area contributed by atoms with E-state index in [1.165, 1.54) is 16.0 Å². The molecule has 2 heterocycles. The summed E-state index contributed by atoms with van der Waals surface area (Å²) in [4.78, 5) is 3.51. The third kappa shape index (κ3) is 3.50. The molecule has 1 aliphatic rings. The van der Waals surface area contributed by atoms with Gasteiger partial charge >= 0.3 is 0 Å². The Morgan fingerprint density at radius 2 is 2.16 bits per heavy atom. The minimum absolute atomic E-state index is 0.0772. The lowest BCUT2D eigenvalue weighted by atomic mass is 9.91. The summed E-state index contributed by atoms with van der Waals surface area (Å²) in [5, 5.41) is 6.11. The summed E-state index contributed by atoms with van der Waals surface area (Å²) in [5.74, 6) is 1.52. The Morgan fingerprint density at radius 1 is 1.40 bits per heavy atom. The number of nitrogens with zero attached hydrogens (tertiary/aromatic N) is 1. The van der Waals surface area contributed by atoms with E-state index in [0.717, 1.165) is 29.6 Å². The van der Waals surface area contributed by atoms with E-state index in [1.54, 1.807) is 25.6 Å². The topological polar surface area (TPSA) is 33.7 Å². The Kier molecular flexibility index (Phi) is 5.60. The highest BCUT2D eigenvalue weighted by atomic mass is 32.1. The Labute approximate surface area is 158 Å². The molecular weight excluding hydrogens is 352 g/mol. The summed E-state index contributed by atoms with van der Waals surface area (Å²) in [7, 11) is 3.34. The van der Waals surface area contributed by atoms with Gasteiger partial charge in [0.1, 0.15) is 0 Å². The van der Waals surface area contributed by atoms with E-state index in [9.17, 15) is 0 Å². The largest absolute Gasteiger partial charge is 0.493 e. The third-order valence-corrected chi connectivity index (χ3v) is 5.65. The molecule has 132 valence electrons. The van der Waals surface area contributed by atoms with Crippen molar-refractivity contribution in [2.75, 3.05) is 27.3 Å². The summed E-state index contributed by atoms with van der Waals surface area (Å²) < 4.78 is 11.0. The number of thiocarbonyl (C=S) groups is 1. The molecule has 1 aliphatic heterocycles. The van der Waals surface area contributed by atoms with Crippen molar-refractivity contribution in [2.45, 2.75) is 12.5 Å². The van der Waals surface area contributed by atoms with Crippen LogP contribution in [0.3, 0.4) is 0 Å². The number of ether oxygens (including phenoxy) is 2. The molecule has 0 fully saturated rings. The van der Waals surface area contributed by atoms with E-state index >= 15 is 0 Å². The van der Waals surface area contributed by atoms with Crippen LogP contribution in [0.15, 0.2) is 42.3 Å². The van der Waals surface area contributed by atoms with Crippen molar-refractivity contribution in [3.63, 3.8) is 0 Å². The molecule has 4 nitrogen and oxygen atoms in total. The summed E-state index contributed by atoms with van der Waals surface area (Å²) in [5.41, 5.74) is 2.49. The van der Waals surface area contributed by atoms with Crippen LogP contribution in [0.5, 0.6) is 11.5 Å². The van der Waals surface area contributed by atoms with Gasteiger partial charge in [-0.3, -0.25) is 0 Å². The molecule has 0 radical (unpaired) electrons. The molecular formula is C19H22N2O2S2. The summed E-state index contributed by atoms with van der Waals surface area (Å²) in [6.45, 7) is 5.27. The van der Waals surface area contributed by atoms with Crippen molar-refractivity contribution >= 4 is 28.7 Å². The van der Waals surface area contributed by atoms with E-state index in [2.05, 4.69) is 46.4 Å². The van der Waals surface area contributed by atoms with Crippen LogP contribution in [-0.2, 0) is 6.42 Å². The highest BCUT2D eigenvalue weighted by molar-refractivity contribution is 7.80. The molecule has 0 aliphatic carbocycles. The number of rotatable bonds is 5. The molecule has 6 heteroatoms. The number of nitrogens with one attached hydrogen (secondary N) is 1. The molecule has 0 bridgehead atoms. The lowest BCUT2D eigenvalue weighted by Gasteiger charge is -2.39. The average Bonchev–Trinajstić information content (AvgIpc) is 3.18. The fourth-order valence-electron chi connectivity index (χ4n) is 3.18. The smallest absolute Gasteiger partial charge is 0.170 e. The maximum atomic E-state index is 5.65. The summed E-state index contributed by atoms with van der Waals surface area (Å²) in [6.07, 6.45) is 2.73. The molecule has 0 amide bonds. The van der Waals surface area contributed by atoms with Gasteiger partial charge in [-0.2, -0.15) is 0 Å².